The third-order valence-corrected chi connectivity index (χ3v) is 9.52. The maximum atomic E-state index is 12.7. The van der Waals surface area contributed by atoms with Gasteiger partial charge in [0.2, 0.25) is 0 Å². The molecule has 0 saturated carbocycles. The second-order valence-corrected chi connectivity index (χ2v) is 13.8. The van der Waals surface area contributed by atoms with Crippen molar-refractivity contribution in [2.24, 2.45) is 0 Å². The Morgan fingerprint density at radius 3 is 0.977 bits per heavy atom. The Morgan fingerprint density at radius 1 is 0.455 bits per heavy atom. The van der Waals surface area contributed by atoms with Gasteiger partial charge in [-0.25, -0.2) is 0 Å². The first kappa shape index (κ1) is 43.2. The molecule has 2 unspecified atom stereocenters. The van der Waals surface area contributed by atoms with Crippen molar-refractivity contribution in [2.75, 3.05) is 6.61 Å². The second-order valence-electron chi connectivity index (χ2n) is 13.8. The quantitative estimate of drug-likeness (QED) is 0.0603. The predicted molar refractivity (Wildman–Crippen MR) is 187 cm³/mol. The van der Waals surface area contributed by atoms with Gasteiger partial charge < -0.3 is 15.3 Å². The minimum Gasteiger partial charge on any atom is -0.393 e. The normalized spacial score (nSPS) is 13.7. The Hall–Kier alpha value is -0.780. The van der Waals surface area contributed by atoms with Gasteiger partial charge >= 0.3 is 0 Å². The average Bonchev–Trinajstić information content (AvgIpc) is 3.03. The number of carbonyl (C=O) groups excluding carboxylic acids is 2. The van der Waals surface area contributed by atoms with E-state index in [0.717, 1.165) is 38.5 Å². The molecular weight excluding hydrogens is 548 g/mol. The van der Waals surface area contributed by atoms with Crippen LogP contribution in [0.25, 0.3) is 0 Å². The van der Waals surface area contributed by atoms with Gasteiger partial charge in [0.25, 0.3) is 0 Å². The largest absolute Gasteiger partial charge is 0.393 e. The fourth-order valence-electron chi connectivity index (χ4n) is 6.27. The van der Waals surface area contributed by atoms with E-state index in [9.17, 15) is 24.9 Å². The van der Waals surface area contributed by atoms with Crippen LogP contribution in [-0.4, -0.2) is 45.2 Å². The number of unbranched alkanes of at least 4 members (excludes halogenated alkanes) is 28. The molecule has 0 aromatic heterocycles. The number of aliphatic hydroxyl groups is 3. The number of ketones is 2. The molecule has 0 aromatic carbocycles. The van der Waals surface area contributed by atoms with Gasteiger partial charge in [-0.1, -0.05) is 194 Å². The highest BCUT2D eigenvalue weighted by Gasteiger charge is 2.45. The van der Waals surface area contributed by atoms with E-state index in [-0.39, 0.29) is 12.8 Å². The summed E-state index contributed by atoms with van der Waals surface area (Å²) in [5, 5.41) is 30.9. The summed E-state index contributed by atoms with van der Waals surface area (Å²) in [6.45, 7) is 3.60. The minimum absolute atomic E-state index is 0.0820. The lowest BCUT2D eigenvalue weighted by atomic mass is 9.85. The van der Waals surface area contributed by atoms with Crippen molar-refractivity contribution in [2.45, 2.75) is 231 Å². The standard InChI is InChI=1S/C39H76O5/c1-3-5-7-9-11-13-15-17-19-21-23-25-27-29-31-33-36(41)38(43)39(44,35-40)37(42)34-32-30-28-26-24-22-20-18-16-14-12-10-8-6-4-2/h38,40,43-44H,3-35H2,1-2H3. The molecule has 0 aliphatic heterocycles. The molecule has 0 rings (SSSR count). The van der Waals surface area contributed by atoms with Crippen LogP contribution in [0, 0.1) is 0 Å². The molecule has 0 aliphatic rings. The summed E-state index contributed by atoms with van der Waals surface area (Å²) in [7, 11) is 0. The Labute approximate surface area is 273 Å². The van der Waals surface area contributed by atoms with Gasteiger partial charge in [-0.3, -0.25) is 9.59 Å². The third kappa shape index (κ3) is 24.5. The van der Waals surface area contributed by atoms with E-state index in [4.69, 9.17) is 0 Å². The van der Waals surface area contributed by atoms with Gasteiger partial charge in [-0.05, 0) is 12.8 Å². The van der Waals surface area contributed by atoms with Crippen LogP contribution in [0.15, 0.2) is 0 Å². The fourth-order valence-corrected chi connectivity index (χ4v) is 6.27. The smallest absolute Gasteiger partial charge is 0.178 e. The Kier molecular flexibility index (Phi) is 31.6. The van der Waals surface area contributed by atoms with Crippen LogP contribution >= 0.6 is 0 Å². The molecule has 2 atom stereocenters. The third-order valence-electron chi connectivity index (χ3n) is 9.52. The summed E-state index contributed by atoms with van der Waals surface area (Å²) >= 11 is 0. The lowest BCUT2D eigenvalue weighted by Crippen LogP contribution is -2.55. The first-order chi connectivity index (χ1) is 21.4. The van der Waals surface area contributed by atoms with Crippen LogP contribution in [0.5, 0.6) is 0 Å². The molecular formula is C39H76O5. The summed E-state index contributed by atoms with van der Waals surface area (Å²) in [6.07, 6.45) is 35.3. The van der Waals surface area contributed by atoms with E-state index in [0.29, 0.717) is 12.8 Å². The lowest BCUT2D eigenvalue weighted by Gasteiger charge is -2.29. The van der Waals surface area contributed by atoms with E-state index in [1.807, 2.05) is 0 Å². The number of aliphatic hydroxyl groups excluding tert-OH is 2. The molecule has 5 heteroatoms. The number of Topliss-reactive ketones (excluding diaryl/α,β-unsaturated/α-hetero) is 2. The summed E-state index contributed by atoms with van der Waals surface area (Å²) in [4.78, 5) is 25.2. The first-order valence-electron chi connectivity index (χ1n) is 19.5. The average molecular weight is 625 g/mol. The summed E-state index contributed by atoms with van der Waals surface area (Å²) in [5.41, 5.74) is -2.37. The second kappa shape index (κ2) is 32.2. The van der Waals surface area contributed by atoms with Crippen LogP contribution < -0.4 is 0 Å². The lowest BCUT2D eigenvalue weighted by molar-refractivity contribution is -0.165. The zero-order valence-corrected chi connectivity index (χ0v) is 29.6. The molecule has 5 nitrogen and oxygen atoms in total. The SMILES string of the molecule is CCCCCCCCCCCCCCCCCC(=O)C(O)C(O)(CO)C(=O)CCCCCCCCCCCCCCCCC. The number of rotatable bonds is 36. The maximum Gasteiger partial charge on any atom is 0.178 e. The topological polar surface area (TPSA) is 94.8 Å². The van der Waals surface area contributed by atoms with Crippen molar-refractivity contribution in [3.63, 3.8) is 0 Å². The van der Waals surface area contributed by atoms with Crippen molar-refractivity contribution < 1.29 is 24.9 Å². The summed E-state index contributed by atoms with van der Waals surface area (Å²) in [6, 6.07) is 0. The molecule has 262 valence electrons. The highest BCUT2D eigenvalue weighted by atomic mass is 16.4. The Morgan fingerprint density at radius 2 is 0.705 bits per heavy atom. The van der Waals surface area contributed by atoms with Crippen molar-refractivity contribution >= 4 is 11.6 Å². The van der Waals surface area contributed by atoms with Gasteiger partial charge in [0, 0.05) is 12.8 Å². The molecule has 0 saturated heterocycles. The number of carbonyl (C=O) groups is 2. The molecule has 0 bridgehead atoms. The molecule has 0 heterocycles. The summed E-state index contributed by atoms with van der Waals surface area (Å²) < 4.78 is 0. The fraction of sp³-hybridized carbons (Fsp3) is 0.949. The zero-order chi connectivity index (χ0) is 32.6. The van der Waals surface area contributed by atoms with Crippen LogP contribution in [0.1, 0.15) is 219 Å². The van der Waals surface area contributed by atoms with Crippen molar-refractivity contribution in [1.82, 2.24) is 0 Å². The molecule has 0 aromatic rings. The molecule has 0 amide bonds. The van der Waals surface area contributed by atoms with E-state index in [1.54, 1.807) is 0 Å². The van der Waals surface area contributed by atoms with Gasteiger partial charge in [0.05, 0.1) is 6.61 Å². The zero-order valence-electron chi connectivity index (χ0n) is 29.6. The molecule has 0 spiro atoms. The molecule has 0 aliphatic carbocycles. The van der Waals surface area contributed by atoms with Crippen molar-refractivity contribution in [1.29, 1.82) is 0 Å². The van der Waals surface area contributed by atoms with Crippen LogP contribution in [0.3, 0.4) is 0 Å². The Balaban J connectivity index is 3.79. The van der Waals surface area contributed by atoms with Crippen LogP contribution in [0.4, 0.5) is 0 Å². The van der Waals surface area contributed by atoms with Gasteiger partial charge in [0.1, 0.15) is 0 Å². The Bertz CT molecular complexity index is 636. The summed E-state index contributed by atoms with van der Waals surface area (Å²) in [5.74, 6) is -1.16. The highest BCUT2D eigenvalue weighted by molar-refractivity contribution is 5.96. The van der Waals surface area contributed by atoms with Gasteiger partial charge in [-0.2, -0.15) is 0 Å². The van der Waals surface area contributed by atoms with Crippen LogP contribution in [0.2, 0.25) is 0 Å². The first-order valence-corrected chi connectivity index (χ1v) is 19.5. The number of hydrogen-bond acceptors (Lipinski definition) is 5. The van der Waals surface area contributed by atoms with Crippen molar-refractivity contribution in [3.8, 4) is 0 Å². The van der Waals surface area contributed by atoms with Crippen LogP contribution in [-0.2, 0) is 9.59 Å². The van der Waals surface area contributed by atoms with E-state index < -0.39 is 29.9 Å². The molecule has 0 fully saturated rings. The monoisotopic (exact) mass is 625 g/mol. The van der Waals surface area contributed by atoms with Crippen molar-refractivity contribution in [3.05, 3.63) is 0 Å². The highest BCUT2D eigenvalue weighted by Crippen LogP contribution is 2.21. The van der Waals surface area contributed by atoms with Gasteiger partial charge in [-0.15, -0.1) is 0 Å². The minimum atomic E-state index is -2.37. The molecule has 3 N–H and O–H groups in total. The van der Waals surface area contributed by atoms with Gasteiger partial charge in [0.15, 0.2) is 23.3 Å². The molecule has 0 radical (unpaired) electrons. The number of hydrogen-bond donors (Lipinski definition) is 3. The van der Waals surface area contributed by atoms with E-state index in [2.05, 4.69) is 13.8 Å². The van der Waals surface area contributed by atoms with E-state index in [1.165, 1.54) is 141 Å². The van der Waals surface area contributed by atoms with E-state index >= 15 is 0 Å². The maximum absolute atomic E-state index is 12.7. The predicted octanol–water partition coefficient (Wildman–Crippen LogP) is 10.7. The molecule has 44 heavy (non-hydrogen) atoms.